The van der Waals surface area contributed by atoms with Crippen molar-refractivity contribution in [2.24, 2.45) is 0 Å². The molecule has 22 heavy (non-hydrogen) atoms. The van der Waals surface area contributed by atoms with Crippen LogP contribution in [0.2, 0.25) is 10.0 Å². The number of ether oxygens (including phenoxy) is 1. The maximum Gasteiger partial charge on any atom is 0.319 e. The van der Waals surface area contributed by atoms with Crippen LogP contribution in [0.4, 0.5) is 10.5 Å². The molecule has 4 nitrogen and oxygen atoms in total. The Morgan fingerprint density at radius 2 is 1.91 bits per heavy atom. The van der Waals surface area contributed by atoms with Crippen LogP contribution in [0, 0.1) is 0 Å². The van der Waals surface area contributed by atoms with E-state index in [0.29, 0.717) is 34.6 Å². The molecular formula is C16H16Cl2N2O2. The van der Waals surface area contributed by atoms with Gasteiger partial charge in [-0.15, -0.1) is 0 Å². The molecule has 0 aliphatic heterocycles. The first kappa shape index (κ1) is 16.5. The van der Waals surface area contributed by atoms with Crippen molar-refractivity contribution >= 4 is 34.9 Å². The minimum Gasteiger partial charge on any atom is -0.492 e. The molecule has 0 atom stereocenters. The molecule has 0 saturated heterocycles. The first-order valence-corrected chi connectivity index (χ1v) is 7.56. The van der Waals surface area contributed by atoms with E-state index in [4.69, 9.17) is 27.9 Å². The largest absolute Gasteiger partial charge is 0.492 e. The molecule has 2 amide bonds. The normalized spacial score (nSPS) is 10.1. The van der Waals surface area contributed by atoms with Crippen LogP contribution in [0.15, 0.2) is 42.5 Å². The number of hydrogen-bond acceptors (Lipinski definition) is 2. The van der Waals surface area contributed by atoms with E-state index >= 15 is 0 Å². The number of benzene rings is 2. The maximum absolute atomic E-state index is 11.9. The van der Waals surface area contributed by atoms with E-state index in [1.54, 1.807) is 24.3 Å². The zero-order chi connectivity index (χ0) is 15.9. The van der Waals surface area contributed by atoms with Crippen molar-refractivity contribution in [3.05, 3.63) is 58.1 Å². The van der Waals surface area contributed by atoms with Crippen LogP contribution >= 0.6 is 23.2 Å². The smallest absolute Gasteiger partial charge is 0.319 e. The second-order valence-electron chi connectivity index (χ2n) is 4.48. The minimum atomic E-state index is -0.333. The lowest BCUT2D eigenvalue weighted by atomic mass is 10.2. The zero-order valence-corrected chi connectivity index (χ0v) is 13.5. The van der Waals surface area contributed by atoms with Gasteiger partial charge < -0.3 is 15.4 Å². The van der Waals surface area contributed by atoms with Crippen LogP contribution in [0.3, 0.4) is 0 Å². The molecule has 2 aromatic rings. The van der Waals surface area contributed by atoms with Gasteiger partial charge in [0.05, 0.1) is 11.6 Å². The van der Waals surface area contributed by atoms with E-state index in [9.17, 15) is 4.79 Å². The van der Waals surface area contributed by atoms with Gasteiger partial charge in [-0.3, -0.25) is 0 Å². The Bertz CT molecular complexity index is 662. The monoisotopic (exact) mass is 338 g/mol. The molecule has 0 aliphatic carbocycles. The number of carbonyl (C=O) groups is 1. The number of carbonyl (C=O) groups excluding carboxylic acids is 1. The summed E-state index contributed by atoms with van der Waals surface area (Å²) in [5.74, 6) is 0.589. The summed E-state index contributed by atoms with van der Waals surface area (Å²) < 4.78 is 5.34. The van der Waals surface area contributed by atoms with E-state index < -0.39 is 0 Å². The topological polar surface area (TPSA) is 50.4 Å². The van der Waals surface area contributed by atoms with Gasteiger partial charge in [0.1, 0.15) is 5.75 Å². The van der Waals surface area contributed by atoms with E-state index in [2.05, 4.69) is 10.6 Å². The van der Waals surface area contributed by atoms with E-state index in [-0.39, 0.29) is 6.03 Å². The van der Waals surface area contributed by atoms with Gasteiger partial charge in [-0.25, -0.2) is 4.79 Å². The van der Waals surface area contributed by atoms with Gasteiger partial charge >= 0.3 is 6.03 Å². The Kier molecular flexibility index (Phi) is 5.92. The average Bonchev–Trinajstić information content (AvgIpc) is 2.49. The van der Waals surface area contributed by atoms with Crippen molar-refractivity contribution in [2.45, 2.75) is 13.5 Å². The van der Waals surface area contributed by atoms with Crippen LogP contribution < -0.4 is 15.4 Å². The average molecular weight is 339 g/mol. The van der Waals surface area contributed by atoms with Gasteiger partial charge in [-0.2, -0.15) is 0 Å². The van der Waals surface area contributed by atoms with Crippen LogP contribution in [0.5, 0.6) is 5.75 Å². The predicted molar refractivity (Wildman–Crippen MR) is 89.9 cm³/mol. The first-order valence-electron chi connectivity index (χ1n) is 6.80. The van der Waals surface area contributed by atoms with Crippen LogP contribution in [0.1, 0.15) is 12.5 Å². The summed E-state index contributed by atoms with van der Waals surface area (Å²) in [6.07, 6.45) is 0. The fourth-order valence-corrected chi connectivity index (χ4v) is 2.28. The Labute approximate surface area is 139 Å². The van der Waals surface area contributed by atoms with Gasteiger partial charge in [0, 0.05) is 17.3 Å². The lowest BCUT2D eigenvalue weighted by Gasteiger charge is -2.10. The van der Waals surface area contributed by atoms with Crippen LogP contribution in [-0.4, -0.2) is 12.6 Å². The van der Waals surface area contributed by atoms with Crippen molar-refractivity contribution in [3.63, 3.8) is 0 Å². The van der Waals surface area contributed by atoms with Gasteiger partial charge in [0.15, 0.2) is 0 Å². The molecule has 6 heteroatoms. The highest BCUT2D eigenvalue weighted by Gasteiger charge is 2.06. The third-order valence-electron chi connectivity index (χ3n) is 2.89. The number of nitrogens with one attached hydrogen (secondary N) is 2. The number of hydrogen-bond donors (Lipinski definition) is 2. The molecule has 0 aromatic heterocycles. The van der Waals surface area contributed by atoms with E-state index in [0.717, 1.165) is 5.56 Å². The fraction of sp³-hybridized carbons (Fsp3) is 0.188. The van der Waals surface area contributed by atoms with Crippen LogP contribution in [-0.2, 0) is 6.54 Å². The molecule has 2 rings (SSSR count). The standard InChI is InChI=1S/C16H16Cl2N2O2/c1-2-22-15-8-7-12(9-14(15)18)20-16(21)19-10-11-5-3-4-6-13(11)17/h3-9H,2,10H2,1H3,(H2,19,20,21). The molecule has 0 bridgehead atoms. The number of rotatable bonds is 5. The SMILES string of the molecule is CCOc1ccc(NC(=O)NCc2ccccc2Cl)cc1Cl. The summed E-state index contributed by atoms with van der Waals surface area (Å²) >= 11 is 12.1. The Hall–Kier alpha value is -1.91. The fourth-order valence-electron chi connectivity index (χ4n) is 1.84. The zero-order valence-electron chi connectivity index (χ0n) is 12.0. The van der Waals surface area contributed by atoms with Crippen molar-refractivity contribution in [1.29, 1.82) is 0 Å². The minimum absolute atomic E-state index is 0.333. The van der Waals surface area contributed by atoms with E-state index in [1.165, 1.54) is 0 Å². The van der Waals surface area contributed by atoms with Crippen molar-refractivity contribution < 1.29 is 9.53 Å². The molecule has 0 heterocycles. The van der Waals surface area contributed by atoms with Gasteiger partial charge in [-0.1, -0.05) is 41.4 Å². The van der Waals surface area contributed by atoms with E-state index in [1.807, 2.05) is 25.1 Å². The number of anilines is 1. The summed E-state index contributed by atoms with van der Waals surface area (Å²) in [5, 5.41) is 6.51. The quantitative estimate of drug-likeness (QED) is 0.829. The van der Waals surface area contributed by atoms with Crippen molar-refractivity contribution in [1.82, 2.24) is 5.32 Å². The molecule has 2 N–H and O–H groups in total. The lowest BCUT2D eigenvalue weighted by molar-refractivity contribution is 0.251. The van der Waals surface area contributed by atoms with Crippen molar-refractivity contribution in [2.75, 3.05) is 11.9 Å². The predicted octanol–water partition coefficient (Wildman–Crippen LogP) is 4.71. The summed E-state index contributed by atoms with van der Waals surface area (Å²) in [5.41, 5.74) is 1.44. The number of amides is 2. The summed E-state index contributed by atoms with van der Waals surface area (Å²) in [7, 11) is 0. The summed E-state index contributed by atoms with van der Waals surface area (Å²) in [6.45, 7) is 2.76. The summed E-state index contributed by atoms with van der Waals surface area (Å²) in [4.78, 5) is 11.9. The molecule has 0 unspecified atom stereocenters. The van der Waals surface area contributed by atoms with Crippen LogP contribution in [0.25, 0.3) is 0 Å². The van der Waals surface area contributed by atoms with Crippen molar-refractivity contribution in [3.8, 4) is 5.75 Å². The Morgan fingerprint density at radius 3 is 2.59 bits per heavy atom. The third-order valence-corrected chi connectivity index (χ3v) is 3.55. The number of urea groups is 1. The Morgan fingerprint density at radius 1 is 1.14 bits per heavy atom. The summed E-state index contributed by atoms with van der Waals surface area (Å²) in [6, 6.07) is 12.1. The van der Waals surface area contributed by atoms with Gasteiger partial charge in [-0.05, 0) is 36.8 Å². The highest BCUT2D eigenvalue weighted by Crippen LogP contribution is 2.27. The molecular weight excluding hydrogens is 323 g/mol. The molecule has 2 aromatic carbocycles. The molecule has 0 spiro atoms. The second kappa shape index (κ2) is 7.92. The molecule has 0 radical (unpaired) electrons. The maximum atomic E-state index is 11.9. The van der Waals surface area contributed by atoms with Gasteiger partial charge in [0.25, 0.3) is 0 Å². The third kappa shape index (κ3) is 4.55. The lowest BCUT2D eigenvalue weighted by Crippen LogP contribution is -2.28. The second-order valence-corrected chi connectivity index (χ2v) is 5.29. The molecule has 0 fully saturated rings. The molecule has 0 aliphatic rings. The highest BCUT2D eigenvalue weighted by atomic mass is 35.5. The number of halogens is 2. The Balaban J connectivity index is 1.92. The molecule has 116 valence electrons. The highest BCUT2D eigenvalue weighted by molar-refractivity contribution is 6.32. The molecule has 0 saturated carbocycles. The first-order chi connectivity index (χ1) is 10.6. The van der Waals surface area contributed by atoms with Gasteiger partial charge in [0.2, 0.25) is 0 Å².